The summed E-state index contributed by atoms with van der Waals surface area (Å²) < 4.78 is 7.78. The number of benzene rings is 2. The first-order chi connectivity index (χ1) is 12.5. The summed E-state index contributed by atoms with van der Waals surface area (Å²) >= 11 is 0. The number of rotatable bonds is 3. The molecule has 0 spiro atoms. The van der Waals surface area contributed by atoms with Gasteiger partial charge >= 0.3 is 0 Å². The Bertz CT molecular complexity index is 1070. The van der Waals surface area contributed by atoms with Crippen LogP contribution in [0.4, 0.5) is 0 Å². The van der Waals surface area contributed by atoms with E-state index in [1.807, 2.05) is 12.1 Å². The normalized spacial score (nSPS) is 11.1. The summed E-state index contributed by atoms with van der Waals surface area (Å²) in [7, 11) is 1.70. The molecule has 4 rings (SSSR count). The van der Waals surface area contributed by atoms with Gasteiger partial charge in [-0.2, -0.15) is 0 Å². The van der Waals surface area contributed by atoms with E-state index in [0.717, 1.165) is 33.6 Å². The van der Waals surface area contributed by atoms with Crippen LogP contribution >= 0.6 is 0 Å². The van der Waals surface area contributed by atoms with Crippen molar-refractivity contribution < 1.29 is 4.74 Å². The Balaban J connectivity index is 1.97. The Morgan fingerprint density at radius 3 is 2.19 bits per heavy atom. The third-order valence-electron chi connectivity index (χ3n) is 4.70. The second-order valence-electron chi connectivity index (χ2n) is 6.84. The molecule has 2 heterocycles. The number of methoxy groups -OCH3 is 1. The van der Waals surface area contributed by atoms with E-state index in [1.165, 1.54) is 16.7 Å². The van der Waals surface area contributed by atoms with E-state index in [9.17, 15) is 0 Å². The number of nitrogens with zero attached hydrogens (tertiary/aromatic N) is 2. The second kappa shape index (κ2) is 6.34. The van der Waals surface area contributed by atoms with E-state index < -0.39 is 0 Å². The second-order valence-corrected chi connectivity index (χ2v) is 6.84. The molecule has 0 radical (unpaired) electrons. The summed E-state index contributed by atoms with van der Waals surface area (Å²) in [5.41, 5.74) is 7.73. The molecule has 0 saturated heterocycles. The molecular weight excluding hydrogens is 320 g/mol. The van der Waals surface area contributed by atoms with E-state index >= 15 is 0 Å². The molecule has 0 atom stereocenters. The summed E-state index contributed by atoms with van der Waals surface area (Å²) in [5.74, 6) is 0.801. The fraction of sp³-hybridized carbons (Fsp3) is 0.174. The lowest BCUT2D eigenvalue weighted by Gasteiger charge is -2.14. The van der Waals surface area contributed by atoms with Crippen molar-refractivity contribution in [3.8, 4) is 22.7 Å². The minimum Gasteiger partial charge on any atom is -0.494 e. The van der Waals surface area contributed by atoms with Gasteiger partial charge in [-0.3, -0.25) is 0 Å². The van der Waals surface area contributed by atoms with Gasteiger partial charge in [0.1, 0.15) is 11.4 Å². The highest BCUT2D eigenvalue weighted by Crippen LogP contribution is 2.34. The molecule has 4 aromatic rings. The standard InChI is InChI=1S/C23H22N2O/c1-15-9-16(2)11-19(10-15)23-22(26-4)13-18-12-17(3)21(14-20(18)24-23)25-7-5-6-8-25/h5-14H,1-4H3. The lowest BCUT2D eigenvalue weighted by atomic mass is 10.0. The quantitative estimate of drug-likeness (QED) is 0.483. The molecule has 130 valence electrons. The van der Waals surface area contributed by atoms with Gasteiger partial charge in [0.15, 0.2) is 0 Å². The van der Waals surface area contributed by atoms with Gasteiger partial charge in [0.05, 0.1) is 12.6 Å². The first-order valence-corrected chi connectivity index (χ1v) is 8.76. The molecule has 0 fully saturated rings. The van der Waals surface area contributed by atoms with Gasteiger partial charge in [-0.1, -0.05) is 17.2 Å². The van der Waals surface area contributed by atoms with E-state index in [1.54, 1.807) is 7.11 Å². The molecule has 3 heteroatoms. The zero-order valence-corrected chi connectivity index (χ0v) is 15.6. The molecule has 3 nitrogen and oxygen atoms in total. The van der Waals surface area contributed by atoms with Gasteiger partial charge in [-0.05, 0) is 68.8 Å². The van der Waals surface area contributed by atoms with Crippen molar-refractivity contribution in [3.63, 3.8) is 0 Å². The number of hydrogen-bond acceptors (Lipinski definition) is 2. The monoisotopic (exact) mass is 342 g/mol. The van der Waals surface area contributed by atoms with Crippen LogP contribution in [0.2, 0.25) is 0 Å². The van der Waals surface area contributed by atoms with Crippen molar-refractivity contribution in [2.24, 2.45) is 0 Å². The molecule has 0 unspecified atom stereocenters. The van der Waals surface area contributed by atoms with Crippen LogP contribution in [0.25, 0.3) is 27.8 Å². The highest BCUT2D eigenvalue weighted by atomic mass is 16.5. The van der Waals surface area contributed by atoms with Crippen molar-refractivity contribution in [1.29, 1.82) is 0 Å². The van der Waals surface area contributed by atoms with Crippen LogP contribution in [-0.4, -0.2) is 16.7 Å². The first kappa shape index (κ1) is 16.4. The summed E-state index contributed by atoms with van der Waals surface area (Å²) in [6.45, 7) is 6.34. The van der Waals surface area contributed by atoms with Crippen LogP contribution < -0.4 is 4.74 Å². The minimum atomic E-state index is 0.801. The Kier molecular flexibility index (Phi) is 4.00. The molecule has 0 N–H and O–H groups in total. The molecule has 0 aliphatic heterocycles. The van der Waals surface area contributed by atoms with Crippen molar-refractivity contribution in [3.05, 3.63) is 77.6 Å². The highest BCUT2D eigenvalue weighted by Gasteiger charge is 2.13. The molecule has 0 saturated carbocycles. The van der Waals surface area contributed by atoms with Crippen LogP contribution in [0.3, 0.4) is 0 Å². The first-order valence-electron chi connectivity index (χ1n) is 8.76. The largest absolute Gasteiger partial charge is 0.494 e. The van der Waals surface area contributed by atoms with Crippen molar-refractivity contribution >= 4 is 10.9 Å². The summed E-state index contributed by atoms with van der Waals surface area (Å²) in [5, 5.41) is 1.09. The lowest BCUT2D eigenvalue weighted by Crippen LogP contribution is -1.97. The summed E-state index contributed by atoms with van der Waals surface area (Å²) in [6, 6.07) is 17.0. The van der Waals surface area contributed by atoms with E-state index in [-0.39, 0.29) is 0 Å². The predicted molar refractivity (Wildman–Crippen MR) is 107 cm³/mol. The van der Waals surface area contributed by atoms with Crippen molar-refractivity contribution in [1.82, 2.24) is 9.55 Å². The maximum atomic E-state index is 5.66. The number of ether oxygens (including phenoxy) is 1. The Morgan fingerprint density at radius 2 is 1.54 bits per heavy atom. The van der Waals surface area contributed by atoms with Gasteiger partial charge in [0, 0.05) is 29.0 Å². The highest BCUT2D eigenvalue weighted by molar-refractivity contribution is 5.87. The lowest BCUT2D eigenvalue weighted by molar-refractivity contribution is 0.415. The van der Waals surface area contributed by atoms with Crippen LogP contribution in [0.5, 0.6) is 5.75 Å². The minimum absolute atomic E-state index is 0.801. The summed E-state index contributed by atoms with van der Waals surface area (Å²) in [6.07, 6.45) is 4.12. The Morgan fingerprint density at radius 1 is 0.846 bits per heavy atom. The molecule has 2 aromatic carbocycles. The number of fused-ring (bicyclic) bond motifs is 1. The smallest absolute Gasteiger partial charge is 0.145 e. The average Bonchev–Trinajstić information content (AvgIpc) is 3.13. The van der Waals surface area contributed by atoms with Crippen LogP contribution in [0, 0.1) is 20.8 Å². The maximum Gasteiger partial charge on any atom is 0.145 e. The SMILES string of the molecule is COc1cc2cc(C)c(-n3cccc3)cc2nc1-c1cc(C)cc(C)c1. The molecule has 0 aliphatic carbocycles. The van der Waals surface area contributed by atoms with E-state index in [0.29, 0.717) is 0 Å². The van der Waals surface area contributed by atoms with Gasteiger partial charge < -0.3 is 9.30 Å². The predicted octanol–water partition coefficient (Wildman–Crippen LogP) is 5.63. The summed E-state index contributed by atoms with van der Waals surface area (Å²) in [4.78, 5) is 4.97. The Labute approximate surface area is 153 Å². The molecule has 26 heavy (non-hydrogen) atoms. The number of aryl methyl sites for hydroxylation is 3. The molecule has 0 amide bonds. The molecule has 2 aromatic heterocycles. The average molecular weight is 342 g/mol. The third-order valence-corrected chi connectivity index (χ3v) is 4.70. The zero-order chi connectivity index (χ0) is 18.3. The fourth-order valence-electron chi connectivity index (χ4n) is 3.55. The van der Waals surface area contributed by atoms with Crippen molar-refractivity contribution in [2.45, 2.75) is 20.8 Å². The fourth-order valence-corrected chi connectivity index (χ4v) is 3.55. The van der Waals surface area contributed by atoms with Gasteiger partial charge in [-0.25, -0.2) is 4.98 Å². The molecular formula is C23H22N2O. The number of pyridine rings is 1. The number of hydrogen-bond donors (Lipinski definition) is 0. The maximum absolute atomic E-state index is 5.66. The number of aromatic nitrogens is 2. The van der Waals surface area contributed by atoms with Crippen molar-refractivity contribution in [2.75, 3.05) is 7.11 Å². The molecule has 0 aliphatic rings. The van der Waals surface area contributed by atoms with Gasteiger partial charge in [0.2, 0.25) is 0 Å². The van der Waals surface area contributed by atoms with E-state index in [4.69, 9.17) is 9.72 Å². The van der Waals surface area contributed by atoms with Crippen LogP contribution in [-0.2, 0) is 0 Å². The van der Waals surface area contributed by atoms with E-state index in [2.05, 4.69) is 74.1 Å². The third kappa shape index (κ3) is 2.86. The van der Waals surface area contributed by atoms with Crippen LogP contribution in [0.15, 0.2) is 60.9 Å². The Hall–Kier alpha value is -3.07. The van der Waals surface area contributed by atoms with Gasteiger partial charge in [-0.15, -0.1) is 0 Å². The van der Waals surface area contributed by atoms with Gasteiger partial charge in [0.25, 0.3) is 0 Å². The topological polar surface area (TPSA) is 27.1 Å². The zero-order valence-electron chi connectivity index (χ0n) is 15.6. The van der Waals surface area contributed by atoms with Crippen LogP contribution in [0.1, 0.15) is 16.7 Å². The molecule has 0 bridgehead atoms.